The second kappa shape index (κ2) is 11.5. The maximum absolute atomic E-state index is 12.2. The van der Waals surface area contributed by atoms with Crippen molar-refractivity contribution in [3.63, 3.8) is 0 Å². The van der Waals surface area contributed by atoms with Gasteiger partial charge < -0.3 is 14.0 Å². The van der Waals surface area contributed by atoms with E-state index >= 15 is 0 Å². The molecule has 0 spiro atoms. The minimum atomic E-state index is -0.234. The van der Waals surface area contributed by atoms with E-state index in [0.29, 0.717) is 6.61 Å². The maximum Gasteiger partial charge on any atom is 0.163 e. The highest BCUT2D eigenvalue weighted by Gasteiger charge is 2.09. The number of allylic oxidation sites excluding steroid dienone is 2. The van der Waals surface area contributed by atoms with E-state index in [-0.39, 0.29) is 18.0 Å². The summed E-state index contributed by atoms with van der Waals surface area (Å²) in [6.07, 6.45) is 7.93. The molecule has 0 aliphatic carbocycles. The minimum Gasteiger partial charge on any atom is -0.492 e. The highest BCUT2D eigenvalue weighted by Crippen LogP contribution is 2.16. The molecular formula is C27H29N3O4. The van der Waals surface area contributed by atoms with Gasteiger partial charge in [0.25, 0.3) is 0 Å². The van der Waals surface area contributed by atoms with E-state index in [0.717, 1.165) is 60.8 Å². The van der Waals surface area contributed by atoms with Gasteiger partial charge in [0, 0.05) is 26.7 Å². The molecule has 7 nitrogen and oxygen atoms in total. The van der Waals surface area contributed by atoms with Crippen LogP contribution in [0.25, 0.3) is 23.2 Å². The van der Waals surface area contributed by atoms with Crippen LogP contribution in [0, 0.1) is 0 Å². The summed E-state index contributed by atoms with van der Waals surface area (Å²) < 4.78 is 13.1. The third kappa shape index (κ3) is 6.73. The smallest absolute Gasteiger partial charge is 0.163 e. The number of nitrogens with zero attached hydrogens (tertiary/aromatic N) is 3. The quantitative estimate of drug-likeness (QED) is 0.341. The predicted molar refractivity (Wildman–Crippen MR) is 133 cm³/mol. The van der Waals surface area contributed by atoms with Crippen molar-refractivity contribution < 1.29 is 19.1 Å². The van der Waals surface area contributed by atoms with Crippen molar-refractivity contribution in [2.45, 2.75) is 6.42 Å². The van der Waals surface area contributed by atoms with E-state index in [9.17, 15) is 9.59 Å². The maximum atomic E-state index is 12.2. The molecule has 0 N–H and O–H groups in total. The van der Waals surface area contributed by atoms with E-state index in [1.165, 1.54) is 12.2 Å². The summed E-state index contributed by atoms with van der Waals surface area (Å²) in [5.74, 6) is 0.327. The minimum absolute atomic E-state index is 0.163. The molecule has 0 unspecified atom stereocenters. The number of carbonyl (C=O) groups is 2. The molecule has 4 rings (SSSR count). The monoisotopic (exact) mass is 459 g/mol. The largest absolute Gasteiger partial charge is 0.492 e. The molecule has 3 aromatic rings. The van der Waals surface area contributed by atoms with Gasteiger partial charge in [0.05, 0.1) is 37.0 Å². The molecule has 1 saturated heterocycles. The van der Waals surface area contributed by atoms with Gasteiger partial charge in [-0.3, -0.25) is 14.5 Å². The molecule has 0 bridgehead atoms. The number of ether oxygens (including phenoxy) is 2. The Hall–Kier alpha value is -3.55. The lowest BCUT2D eigenvalue weighted by Gasteiger charge is -2.26. The molecule has 176 valence electrons. The summed E-state index contributed by atoms with van der Waals surface area (Å²) in [7, 11) is 1.92. The van der Waals surface area contributed by atoms with E-state index in [1.807, 2.05) is 54.1 Å². The number of carbonyl (C=O) groups excluding carboxylic acids is 2. The second-order valence-corrected chi connectivity index (χ2v) is 8.25. The molecule has 1 aromatic heterocycles. The predicted octanol–water partition coefficient (Wildman–Crippen LogP) is 3.54. The normalized spacial score (nSPS) is 14.9. The fourth-order valence-corrected chi connectivity index (χ4v) is 3.71. The Kier molecular flexibility index (Phi) is 8.01. The van der Waals surface area contributed by atoms with Crippen molar-refractivity contribution in [1.82, 2.24) is 14.5 Å². The van der Waals surface area contributed by atoms with Crippen LogP contribution in [0.3, 0.4) is 0 Å². The van der Waals surface area contributed by atoms with Crippen molar-refractivity contribution in [1.29, 1.82) is 0 Å². The highest BCUT2D eigenvalue weighted by molar-refractivity contribution is 6.10. The fourth-order valence-electron chi connectivity index (χ4n) is 3.71. The number of aromatic nitrogens is 2. The van der Waals surface area contributed by atoms with Crippen molar-refractivity contribution in [2.24, 2.45) is 7.05 Å². The van der Waals surface area contributed by atoms with Gasteiger partial charge in [0.2, 0.25) is 0 Å². The Morgan fingerprint density at radius 2 is 1.68 bits per heavy atom. The number of rotatable bonds is 10. The Bertz CT molecular complexity index is 1190. The Balaban J connectivity index is 1.22. The van der Waals surface area contributed by atoms with Crippen molar-refractivity contribution >= 4 is 34.8 Å². The molecule has 0 atom stereocenters. The average Bonchev–Trinajstić information content (AvgIpc) is 3.23. The molecular weight excluding hydrogens is 430 g/mol. The molecule has 0 radical (unpaired) electrons. The highest BCUT2D eigenvalue weighted by atomic mass is 16.5. The molecule has 0 amide bonds. The lowest BCUT2D eigenvalue weighted by atomic mass is 10.1. The lowest BCUT2D eigenvalue weighted by molar-refractivity contribution is -0.121. The Labute approximate surface area is 199 Å². The van der Waals surface area contributed by atoms with Gasteiger partial charge >= 0.3 is 0 Å². The summed E-state index contributed by atoms with van der Waals surface area (Å²) in [6.45, 7) is 4.95. The molecule has 34 heavy (non-hydrogen) atoms. The number of ketones is 2. The molecule has 2 heterocycles. The van der Waals surface area contributed by atoms with Gasteiger partial charge in [0.15, 0.2) is 11.6 Å². The first kappa shape index (κ1) is 23.6. The van der Waals surface area contributed by atoms with E-state index in [2.05, 4.69) is 9.88 Å². The van der Waals surface area contributed by atoms with Crippen LogP contribution < -0.4 is 4.74 Å². The molecule has 2 aromatic carbocycles. The molecule has 1 aliphatic heterocycles. The lowest BCUT2D eigenvalue weighted by Crippen LogP contribution is -2.38. The third-order valence-electron chi connectivity index (χ3n) is 5.68. The van der Waals surface area contributed by atoms with Crippen LogP contribution in [0.2, 0.25) is 0 Å². The second-order valence-electron chi connectivity index (χ2n) is 8.25. The van der Waals surface area contributed by atoms with Crippen LogP contribution >= 0.6 is 0 Å². The van der Waals surface area contributed by atoms with E-state index < -0.39 is 0 Å². The summed E-state index contributed by atoms with van der Waals surface area (Å²) in [5, 5.41) is 0. The molecule has 7 heteroatoms. The average molecular weight is 460 g/mol. The fraction of sp³-hybridized carbons (Fsp3) is 0.296. The van der Waals surface area contributed by atoms with E-state index in [1.54, 1.807) is 18.5 Å². The zero-order valence-electron chi connectivity index (χ0n) is 19.4. The first-order valence-corrected chi connectivity index (χ1v) is 11.4. The number of morpholine rings is 1. The summed E-state index contributed by atoms with van der Waals surface area (Å²) in [6, 6.07) is 13.3. The van der Waals surface area contributed by atoms with E-state index in [4.69, 9.17) is 9.47 Å². The van der Waals surface area contributed by atoms with Crippen molar-refractivity contribution in [3.8, 4) is 5.75 Å². The first-order chi connectivity index (χ1) is 16.6. The van der Waals surface area contributed by atoms with Crippen molar-refractivity contribution in [3.05, 3.63) is 72.1 Å². The van der Waals surface area contributed by atoms with Gasteiger partial charge in [-0.15, -0.1) is 0 Å². The van der Waals surface area contributed by atoms with Gasteiger partial charge in [-0.2, -0.15) is 0 Å². The van der Waals surface area contributed by atoms with Crippen LogP contribution in [-0.4, -0.2) is 65.5 Å². The van der Waals surface area contributed by atoms with Crippen molar-refractivity contribution in [2.75, 3.05) is 39.5 Å². The van der Waals surface area contributed by atoms with Gasteiger partial charge in [0.1, 0.15) is 12.4 Å². The number of benzene rings is 2. The summed E-state index contributed by atoms with van der Waals surface area (Å²) in [5.41, 5.74) is 3.65. The van der Waals surface area contributed by atoms with Gasteiger partial charge in [-0.05, 0) is 47.5 Å². The topological polar surface area (TPSA) is 73.7 Å². The number of hydrogen-bond acceptors (Lipinski definition) is 6. The Morgan fingerprint density at radius 1 is 1.00 bits per heavy atom. The zero-order valence-corrected chi connectivity index (χ0v) is 19.4. The van der Waals surface area contributed by atoms with Crippen LogP contribution in [-0.2, 0) is 21.4 Å². The number of imidazole rings is 1. The van der Waals surface area contributed by atoms with Gasteiger partial charge in [-0.25, -0.2) is 4.98 Å². The molecule has 1 fully saturated rings. The number of hydrogen-bond donors (Lipinski definition) is 0. The molecule has 0 saturated carbocycles. The number of aryl methyl sites for hydroxylation is 1. The number of fused-ring (bicyclic) bond motifs is 1. The van der Waals surface area contributed by atoms with Crippen LogP contribution in [0.5, 0.6) is 5.75 Å². The first-order valence-electron chi connectivity index (χ1n) is 11.4. The SMILES string of the molecule is Cn1cnc2ccc(/C=C/C(=O)CC(=O)/C=C/c3ccc(OCCN4CCOCC4)cc3)cc21. The van der Waals surface area contributed by atoms with Crippen LogP contribution in [0.15, 0.2) is 60.9 Å². The summed E-state index contributed by atoms with van der Waals surface area (Å²) in [4.78, 5) is 31.0. The van der Waals surface area contributed by atoms with Crippen LogP contribution in [0.1, 0.15) is 17.5 Å². The third-order valence-corrected chi connectivity index (χ3v) is 5.68. The van der Waals surface area contributed by atoms with Crippen LogP contribution in [0.4, 0.5) is 0 Å². The summed E-state index contributed by atoms with van der Waals surface area (Å²) >= 11 is 0. The zero-order chi connectivity index (χ0) is 23.8. The molecule has 1 aliphatic rings. The standard InChI is InChI=1S/C27H29N3O4/c1-29-20-28-26-11-6-22(18-27(26)29)3-8-24(32)19-23(31)7-2-21-4-9-25(10-5-21)34-17-14-30-12-15-33-16-13-30/h2-11,18,20H,12-17,19H2,1H3/b7-2+,8-3+. The van der Waals surface area contributed by atoms with Gasteiger partial charge in [-0.1, -0.05) is 30.4 Å². The Morgan fingerprint density at radius 3 is 2.41 bits per heavy atom.